The molecule has 6 heteroatoms. The average molecular weight is 254 g/mol. The summed E-state index contributed by atoms with van der Waals surface area (Å²) in [7, 11) is -3.64. The van der Waals surface area contributed by atoms with E-state index in [4.69, 9.17) is 5.14 Å². The molecule has 0 saturated carbocycles. The van der Waals surface area contributed by atoms with E-state index in [1.807, 2.05) is 31.2 Å². The summed E-state index contributed by atoms with van der Waals surface area (Å²) in [5, 5.41) is 5.68. The highest BCUT2D eigenvalue weighted by molar-refractivity contribution is 7.91. The molecule has 2 rings (SSSR count). The molecule has 0 saturated heterocycles. The highest BCUT2D eigenvalue weighted by Crippen LogP contribution is 2.27. The Kier molecular flexibility index (Phi) is 2.79. The van der Waals surface area contributed by atoms with Crippen molar-refractivity contribution in [1.82, 2.24) is 4.98 Å². The number of rotatable bonds is 2. The molecule has 0 aliphatic heterocycles. The van der Waals surface area contributed by atoms with E-state index >= 15 is 0 Å². The van der Waals surface area contributed by atoms with Gasteiger partial charge in [0.1, 0.15) is 5.01 Å². The first kappa shape index (κ1) is 11.3. The average Bonchev–Trinajstić information content (AvgIpc) is 2.65. The van der Waals surface area contributed by atoms with Crippen LogP contribution in [0.3, 0.4) is 0 Å². The Labute approximate surface area is 97.8 Å². The fourth-order valence-electron chi connectivity index (χ4n) is 1.30. The maximum absolute atomic E-state index is 11.1. The van der Waals surface area contributed by atoms with E-state index in [9.17, 15) is 8.42 Å². The van der Waals surface area contributed by atoms with Gasteiger partial charge in [-0.25, -0.2) is 18.5 Å². The van der Waals surface area contributed by atoms with Crippen molar-refractivity contribution in [2.75, 3.05) is 0 Å². The van der Waals surface area contributed by atoms with E-state index in [1.54, 1.807) is 0 Å². The molecule has 1 heterocycles. The summed E-state index contributed by atoms with van der Waals surface area (Å²) in [6.07, 6.45) is 1.29. The third-order valence-corrected chi connectivity index (χ3v) is 4.48. The predicted octanol–water partition coefficient (Wildman–Crippen LogP) is 1.77. The minimum absolute atomic E-state index is 0.0870. The largest absolute Gasteiger partial charge is 0.249 e. The van der Waals surface area contributed by atoms with Gasteiger partial charge in [0.25, 0.3) is 0 Å². The summed E-state index contributed by atoms with van der Waals surface area (Å²) in [6.45, 7) is 1.97. The van der Waals surface area contributed by atoms with Crippen LogP contribution < -0.4 is 5.14 Å². The predicted molar refractivity (Wildman–Crippen MR) is 63.7 cm³/mol. The summed E-state index contributed by atoms with van der Waals surface area (Å²) < 4.78 is 22.3. The Bertz CT molecular complexity index is 617. The van der Waals surface area contributed by atoms with Crippen LogP contribution in [-0.4, -0.2) is 13.4 Å². The molecule has 0 aliphatic carbocycles. The number of nitrogens with two attached hydrogens (primary N) is 1. The van der Waals surface area contributed by atoms with Crippen molar-refractivity contribution in [3.05, 3.63) is 36.0 Å². The lowest BCUT2D eigenvalue weighted by molar-refractivity contribution is 0.599. The molecule has 0 unspecified atom stereocenters. The maximum atomic E-state index is 11.1. The van der Waals surface area contributed by atoms with Gasteiger partial charge in [0.05, 0.1) is 6.20 Å². The molecule has 0 amide bonds. The molecule has 0 bridgehead atoms. The van der Waals surface area contributed by atoms with Crippen molar-refractivity contribution in [1.29, 1.82) is 0 Å². The lowest BCUT2D eigenvalue weighted by Crippen LogP contribution is -2.09. The number of thiazole rings is 1. The van der Waals surface area contributed by atoms with Crippen molar-refractivity contribution in [2.45, 2.75) is 11.1 Å². The topological polar surface area (TPSA) is 73.0 Å². The van der Waals surface area contributed by atoms with E-state index in [0.717, 1.165) is 22.5 Å². The summed E-state index contributed by atoms with van der Waals surface area (Å²) in [4.78, 5) is 4.05. The van der Waals surface area contributed by atoms with Gasteiger partial charge in [0.15, 0.2) is 4.21 Å². The molecule has 0 atom stereocenters. The van der Waals surface area contributed by atoms with Crippen LogP contribution in [0.2, 0.25) is 0 Å². The Hall–Kier alpha value is -1.24. The zero-order valence-corrected chi connectivity index (χ0v) is 10.2. The minimum atomic E-state index is -3.64. The van der Waals surface area contributed by atoms with Crippen molar-refractivity contribution in [3.63, 3.8) is 0 Å². The Morgan fingerprint density at radius 2 is 2.12 bits per heavy atom. The Balaban J connectivity index is 2.47. The third kappa shape index (κ3) is 2.29. The van der Waals surface area contributed by atoms with Crippen LogP contribution in [0.4, 0.5) is 0 Å². The van der Waals surface area contributed by atoms with E-state index < -0.39 is 10.0 Å². The summed E-state index contributed by atoms with van der Waals surface area (Å²) in [5.74, 6) is 0. The van der Waals surface area contributed by atoms with Crippen molar-refractivity contribution in [3.8, 4) is 10.6 Å². The minimum Gasteiger partial charge on any atom is -0.243 e. The normalized spacial score (nSPS) is 11.6. The molecule has 84 valence electrons. The van der Waals surface area contributed by atoms with Gasteiger partial charge in [0, 0.05) is 5.56 Å². The quantitative estimate of drug-likeness (QED) is 0.887. The molecule has 1 aromatic carbocycles. The molecule has 16 heavy (non-hydrogen) atoms. The van der Waals surface area contributed by atoms with Crippen LogP contribution in [0.5, 0.6) is 0 Å². The monoisotopic (exact) mass is 254 g/mol. The van der Waals surface area contributed by atoms with Crippen molar-refractivity contribution < 1.29 is 8.42 Å². The molecular weight excluding hydrogens is 244 g/mol. The lowest BCUT2D eigenvalue weighted by Gasteiger charge is -1.96. The van der Waals surface area contributed by atoms with Crippen LogP contribution in [0, 0.1) is 6.92 Å². The molecule has 2 aromatic rings. The maximum Gasteiger partial charge on any atom is 0.249 e. The van der Waals surface area contributed by atoms with Crippen LogP contribution >= 0.6 is 11.3 Å². The second-order valence-corrected chi connectivity index (χ2v) is 6.22. The lowest BCUT2D eigenvalue weighted by atomic mass is 10.1. The van der Waals surface area contributed by atoms with Gasteiger partial charge in [0.2, 0.25) is 10.0 Å². The SMILES string of the molecule is Cc1cccc(-c2ncc(S(N)(=O)=O)s2)c1. The standard InChI is InChI=1S/C10H10N2O2S2/c1-7-3-2-4-8(5-7)10-12-6-9(15-10)16(11,13)14/h2-6H,1H3,(H2,11,13,14). The van der Waals surface area contributed by atoms with Gasteiger partial charge in [-0.2, -0.15) is 0 Å². The highest BCUT2D eigenvalue weighted by Gasteiger charge is 2.13. The summed E-state index contributed by atoms with van der Waals surface area (Å²) in [5.41, 5.74) is 2.00. The molecule has 1 aromatic heterocycles. The number of benzene rings is 1. The number of hydrogen-bond donors (Lipinski definition) is 1. The van der Waals surface area contributed by atoms with Crippen LogP contribution in [0.25, 0.3) is 10.6 Å². The zero-order valence-electron chi connectivity index (χ0n) is 8.54. The molecule has 0 aliphatic rings. The van der Waals surface area contributed by atoms with Gasteiger partial charge < -0.3 is 0 Å². The van der Waals surface area contributed by atoms with Gasteiger partial charge in [-0.05, 0) is 13.0 Å². The molecule has 4 nitrogen and oxygen atoms in total. The van der Waals surface area contributed by atoms with Gasteiger partial charge in [-0.15, -0.1) is 11.3 Å². The second-order valence-electron chi connectivity index (χ2n) is 3.40. The highest BCUT2D eigenvalue weighted by atomic mass is 32.2. The van der Waals surface area contributed by atoms with Gasteiger partial charge in [-0.3, -0.25) is 0 Å². The molecule has 2 N–H and O–H groups in total. The Morgan fingerprint density at radius 1 is 1.38 bits per heavy atom. The fraction of sp³-hybridized carbons (Fsp3) is 0.100. The number of hydrogen-bond acceptors (Lipinski definition) is 4. The summed E-state index contributed by atoms with van der Waals surface area (Å²) in [6, 6.07) is 7.71. The van der Waals surface area contributed by atoms with E-state index in [2.05, 4.69) is 4.98 Å². The molecule has 0 fully saturated rings. The van der Waals surface area contributed by atoms with Crippen LogP contribution in [0.15, 0.2) is 34.7 Å². The first-order chi connectivity index (χ1) is 7.47. The summed E-state index contributed by atoms with van der Waals surface area (Å²) >= 11 is 1.08. The fourth-order valence-corrected chi connectivity index (χ4v) is 2.85. The Morgan fingerprint density at radius 3 is 2.69 bits per heavy atom. The van der Waals surface area contributed by atoms with E-state index in [0.29, 0.717) is 5.01 Å². The molecular formula is C10H10N2O2S2. The van der Waals surface area contributed by atoms with E-state index in [1.165, 1.54) is 6.20 Å². The zero-order chi connectivity index (χ0) is 11.8. The first-order valence-corrected chi connectivity index (χ1v) is 6.89. The number of primary sulfonamides is 1. The number of aryl methyl sites for hydroxylation is 1. The van der Waals surface area contributed by atoms with Crippen molar-refractivity contribution in [2.24, 2.45) is 5.14 Å². The smallest absolute Gasteiger partial charge is 0.243 e. The van der Waals surface area contributed by atoms with Gasteiger partial charge >= 0.3 is 0 Å². The molecule has 0 radical (unpaired) electrons. The van der Waals surface area contributed by atoms with Crippen LogP contribution in [0.1, 0.15) is 5.56 Å². The van der Waals surface area contributed by atoms with Crippen LogP contribution in [-0.2, 0) is 10.0 Å². The second kappa shape index (κ2) is 3.97. The molecule has 0 spiro atoms. The number of sulfonamides is 1. The van der Waals surface area contributed by atoms with Crippen molar-refractivity contribution >= 4 is 21.4 Å². The third-order valence-electron chi connectivity index (χ3n) is 2.03. The number of aromatic nitrogens is 1. The first-order valence-electron chi connectivity index (χ1n) is 4.52. The van der Waals surface area contributed by atoms with E-state index in [-0.39, 0.29) is 4.21 Å². The van der Waals surface area contributed by atoms with Gasteiger partial charge in [-0.1, -0.05) is 23.8 Å². The number of nitrogens with zero attached hydrogens (tertiary/aromatic N) is 1.